The van der Waals surface area contributed by atoms with E-state index in [0.717, 1.165) is 0 Å². The van der Waals surface area contributed by atoms with Crippen molar-refractivity contribution in [2.45, 2.75) is 0 Å². The highest BCUT2D eigenvalue weighted by molar-refractivity contribution is 7.82. The molecule has 1 saturated heterocycles. The standard InChI is InChI=1S/C3H4N2OS/c6-2-3(7)5-1-4-2/h1H2,(H,4,6)(H,5,7). The van der Waals surface area contributed by atoms with E-state index in [1.807, 2.05) is 0 Å². The molecule has 0 spiro atoms. The topological polar surface area (TPSA) is 41.1 Å². The van der Waals surface area contributed by atoms with Crippen molar-refractivity contribution in [2.24, 2.45) is 0 Å². The molecule has 1 aliphatic heterocycles. The Morgan fingerprint density at radius 2 is 2.29 bits per heavy atom. The summed E-state index contributed by atoms with van der Waals surface area (Å²) in [6, 6.07) is 0. The van der Waals surface area contributed by atoms with Crippen molar-refractivity contribution in [3.05, 3.63) is 0 Å². The van der Waals surface area contributed by atoms with Gasteiger partial charge < -0.3 is 10.6 Å². The summed E-state index contributed by atoms with van der Waals surface area (Å²) in [4.78, 5) is 10.6. The van der Waals surface area contributed by atoms with Crippen molar-refractivity contribution in [3.8, 4) is 0 Å². The van der Waals surface area contributed by atoms with Crippen LogP contribution in [-0.4, -0.2) is 17.6 Å². The molecule has 0 bridgehead atoms. The highest BCUT2D eigenvalue weighted by atomic mass is 32.1. The predicted octanol–water partition coefficient (Wildman–Crippen LogP) is -1.01. The zero-order valence-corrected chi connectivity index (χ0v) is 4.34. The van der Waals surface area contributed by atoms with E-state index in [2.05, 4.69) is 22.9 Å². The number of hydrogen-bond acceptors (Lipinski definition) is 2. The molecule has 1 fully saturated rings. The summed E-state index contributed by atoms with van der Waals surface area (Å²) in [5.74, 6) is -0.171. The first-order valence-corrected chi connectivity index (χ1v) is 2.27. The van der Waals surface area contributed by atoms with Crippen molar-refractivity contribution in [1.82, 2.24) is 10.6 Å². The van der Waals surface area contributed by atoms with Crippen LogP contribution in [0.4, 0.5) is 0 Å². The average Bonchev–Trinajstić information content (AvgIpc) is 1.91. The van der Waals surface area contributed by atoms with E-state index in [-0.39, 0.29) is 5.91 Å². The summed E-state index contributed by atoms with van der Waals surface area (Å²) in [6.07, 6.45) is 0. The Morgan fingerprint density at radius 3 is 2.43 bits per heavy atom. The van der Waals surface area contributed by atoms with Crippen LogP contribution in [0.3, 0.4) is 0 Å². The molecule has 0 aromatic heterocycles. The van der Waals surface area contributed by atoms with Gasteiger partial charge in [-0.2, -0.15) is 0 Å². The zero-order valence-electron chi connectivity index (χ0n) is 3.52. The van der Waals surface area contributed by atoms with Gasteiger partial charge in [-0.05, 0) is 0 Å². The van der Waals surface area contributed by atoms with Crippen LogP contribution >= 0.6 is 12.2 Å². The molecule has 2 N–H and O–H groups in total. The van der Waals surface area contributed by atoms with Crippen molar-refractivity contribution in [3.63, 3.8) is 0 Å². The summed E-state index contributed by atoms with van der Waals surface area (Å²) < 4.78 is 0. The molecule has 1 aliphatic rings. The molecule has 0 unspecified atom stereocenters. The smallest absolute Gasteiger partial charge is 0.280 e. The van der Waals surface area contributed by atoms with Crippen LogP contribution < -0.4 is 10.6 Å². The van der Waals surface area contributed by atoms with Gasteiger partial charge in [-0.25, -0.2) is 0 Å². The summed E-state index contributed by atoms with van der Waals surface area (Å²) in [7, 11) is 0. The lowest BCUT2D eigenvalue weighted by Gasteiger charge is -1.79. The number of carbonyl (C=O) groups excluding carboxylic acids is 1. The van der Waals surface area contributed by atoms with Gasteiger partial charge >= 0.3 is 0 Å². The Hall–Kier alpha value is -0.640. The van der Waals surface area contributed by atoms with E-state index >= 15 is 0 Å². The molecule has 0 atom stereocenters. The molecule has 0 aromatic rings. The molecule has 1 heterocycles. The molecular weight excluding hydrogens is 112 g/mol. The Bertz CT molecular complexity index is 108. The van der Waals surface area contributed by atoms with E-state index in [9.17, 15) is 4.79 Å². The minimum Gasteiger partial charge on any atom is -0.354 e. The molecule has 1 amide bonds. The van der Waals surface area contributed by atoms with Crippen molar-refractivity contribution < 1.29 is 4.79 Å². The number of amides is 1. The molecule has 0 radical (unpaired) electrons. The Morgan fingerprint density at radius 1 is 1.57 bits per heavy atom. The minimum atomic E-state index is -0.171. The fourth-order valence-corrected chi connectivity index (χ4v) is 0.510. The molecule has 4 heteroatoms. The van der Waals surface area contributed by atoms with Crippen molar-refractivity contribution >= 4 is 23.1 Å². The number of hydrogen-bond donors (Lipinski definition) is 2. The largest absolute Gasteiger partial charge is 0.354 e. The highest BCUT2D eigenvalue weighted by Crippen LogP contribution is 1.77. The first kappa shape index (κ1) is 4.52. The average molecular weight is 116 g/mol. The van der Waals surface area contributed by atoms with Gasteiger partial charge in [-0.15, -0.1) is 0 Å². The first-order valence-electron chi connectivity index (χ1n) is 1.87. The van der Waals surface area contributed by atoms with Gasteiger partial charge in [0, 0.05) is 0 Å². The summed E-state index contributed by atoms with van der Waals surface area (Å²) >= 11 is 4.52. The van der Waals surface area contributed by atoms with Crippen LogP contribution in [-0.2, 0) is 4.79 Å². The maximum absolute atomic E-state index is 10.3. The maximum atomic E-state index is 10.3. The molecule has 38 valence electrons. The normalized spacial score (nSPS) is 18.9. The van der Waals surface area contributed by atoms with Gasteiger partial charge in [-0.1, -0.05) is 12.2 Å². The van der Waals surface area contributed by atoms with Crippen LogP contribution in [0, 0.1) is 0 Å². The lowest BCUT2D eigenvalue weighted by molar-refractivity contribution is -0.113. The van der Waals surface area contributed by atoms with Crippen molar-refractivity contribution in [2.75, 3.05) is 6.67 Å². The second-order valence-electron chi connectivity index (χ2n) is 1.19. The van der Waals surface area contributed by atoms with Gasteiger partial charge in [0.2, 0.25) is 0 Å². The van der Waals surface area contributed by atoms with E-state index in [4.69, 9.17) is 0 Å². The van der Waals surface area contributed by atoms with E-state index in [0.29, 0.717) is 11.7 Å². The van der Waals surface area contributed by atoms with Crippen molar-refractivity contribution in [1.29, 1.82) is 0 Å². The third kappa shape index (κ3) is 0.691. The van der Waals surface area contributed by atoms with Gasteiger partial charge in [0.15, 0.2) is 4.99 Å². The number of carbonyl (C=O) groups is 1. The van der Waals surface area contributed by atoms with Crippen LogP contribution in [0.2, 0.25) is 0 Å². The molecule has 1 rings (SSSR count). The summed E-state index contributed by atoms with van der Waals surface area (Å²) in [5.41, 5.74) is 0. The molecule has 3 nitrogen and oxygen atoms in total. The Balaban J connectivity index is 2.65. The molecule has 0 saturated carbocycles. The quantitative estimate of drug-likeness (QED) is 0.398. The van der Waals surface area contributed by atoms with E-state index < -0.39 is 0 Å². The Kier molecular flexibility index (Phi) is 0.941. The second-order valence-corrected chi connectivity index (χ2v) is 1.60. The van der Waals surface area contributed by atoms with Crippen LogP contribution in [0.25, 0.3) is 0 Å². The summed E-state index contributed by atoms with van der Waals surface area (Å²) in [5, 5.41) is 5.12. The third-order valence-electron chi connectivity index (χ3n) is 0.704. The van der Waals surface area contributed by atoms with E-state index in [1.54, 1.807) is 0 Å². The zero-order chi connectivity index (χ0) is 5.28. The molecule has 7 heavy (non-hydrogen) atoms. The first-order chi connectivity index (χ1) is 3.30. The Labute approximate surface area is 46.1 Å². The molecular formula is C3H4N2OS. The van der Waals surface area contributed by atoms with Gasteiger partial charge in [-0.3, -0.25) is 4.79 Å². The lowest BCUT2D eigenvalue weighted by Crippen LogP contribution is -2.17. The number of thiocarbonyl (C=S) groups is 1. The second kappa shape index (κ2) is 1.46. The minimum absolute atomic E-state index is 0.171. The predicted molar refractivity (Wildman–Crippen MR) is 28.7 cm³/mol. The van der Waals surface area contributed by atoms with Gasteiger partial charge in [0.05, 0.1) is 6.67 Å². The number of rotatable bonds is 0. The maximum Gasteiger partial charge on any atom is 0.280 e. The highest BCUT2D eigenvalue weighted by Gasteiger charge is 2.12. The monoisotopic (exact) mass is 116 g/mol. The van der Waals surface area contributed by atoms with Gasteiger partial charge in [0.25, 0.3) is 5.91 Å². The van der Waals surface area contributed by atoms with Crippen LogP contribution in [0.15, 0.2) is 0 Å². The summed E-state index contributed by atoms with van der Waals surface area (Å²) in [6.45, 7) is 0.484. The van der Waals surface area contributed by atoms with Gasteiger partial charge in [0.1, 0.15) is 0 Å². The molecule has 0 aromatic carbocycles. The molecule has 0 aliphatic carbocycles. The van der Waals surface area contributed by atoms with E-state index in [1.165, 1.54) is 0 Å². The van der Waals surface area contributed by atoms with Crippen LogP contribution in [0.1, 0.15) is 0 Å². The fraction of sp³-hybridized carbons (Fsp3) is 0.333. The number of nitrogens with one attached hydrogen (secondary N) is 2. The van der Waals surface area contributed by atoms with Crippen LogP contribution in [0.5, 0.6) is 0 Å². The lowest BCUT2D eigenvalue weighted by atomic mass is 10.7. The fourth-order valence-electron chi connectivity index (χ4n) is 0.365. The SMILES string of the molecule is O=C1NCNC1=S. The third-order valence-corrected chi connectivity index (χ3v) is 1.03.